The van der Waals surface area contributed by atoms with E-state index < -0.39 is 17.4 Å². The lowest BCUT2D eigenvalue weighted by atomic mass is 9.99. The summed E-state index contributed by atoms with van der Waals surface area (Å²) in [6.45, 7) is 0. The van der Waals surface area contributed by atoms with Crippen LogP contribution in [0.3, 0.4) is 0 Å². The monoisotopic (exact) mass is 284 g/mol. The summed E-state index contributed by atoms with van der Waals surface area (Å²) >= 11 is 0. The summed E-state index contributed by atoms with van der Waals surface area (Å²) in [5.74, 6) is -2.54. The number of ketones is 1. The fraction of sp³-hybridized carbons (Fsp3) is 0. The Hall–Kier alpha value is -2.82. The quantitative estimate of drug-likeness (QED) is 0.580. The van der Waals surface area contributed by atoms with Gasteiger partial charge in [-0.15, -0.1) is 0 Å². The van der Waals surface area contributed by atoms with Crippen molar-refractivity contribution < 1.29 is 13.6 Å². The zero-order chi connectivity index (χ0) is 15.0. The number of carbonyl (C=O) groups excluding carboxylic acids is 1. The molecule has 0 aliphatic rings. The molecule has 2 aromatic carbocycles. The molecule has 0 bridgehead atoms. The summed E-state index contributed by atoms with van der Waals surface area (Å²) in [4.78, 5) is 16.5. The number of halogens is 2. The molecule has 1 heterocycles. The van der Waals surface area contributed by atoms with E-state index >= 15 is 0 Å². The molecule has 0 saturated carbocycles. The Morgan fingerprint density at radius 3 is 2.62 bits per heavy atom. The second-order valence-corrected chi connectivity index (χ2v) is 4.56. The van der Waals surface area contributed by atoms with Crippen LogP contribution in [0, 0.1) is 11.6 Å². The number of pyridine rings is 1. The first kappa shape index (κ1) is 13.2. The summed E-state index contributed by atoms with van der Waals surface area (Å²) < 4.78 is 26.2. The van der Waals surface area contributed by atoms with Crippen molar-refractivity contribution in [3.63, 3.8) is 0 Å². The Morgan fingerprint density at radius 2 is 1.86 bits per heavy atom. The van der Waals surface area contributed by atoms with Gasteiger partial charge in [-0.05, 0) is 30.3 Å². The fourth-order valence-corrected chi connectivity index (χ4v) is 2.16. The molecule has 1 aromatic heterocycles. The second-order valence-electron chi connectivity index (χ2n) is 4.56. The second kappa shape index (κ2) is 4.94. The number of hydrogen-bond acceptors (Lipinski definition) is 3. The van der Waals surface area contributed by atoms with Gasteiger partial charge in [-0.2, -0.15) is 0 Å². The van der Waals surface area contributed by atoms with Crippen LogP contribution < -0.4 is 5.73 Å². The molecule has 3 aromatic rings. The SMILES string of the molecule is Nc1c(C(=O)c2ccc(F)c(F)c2)ccc2cccnc12. The van der Waals surface area contributed by atoms with E-state index in [0.717, 1.165) is 17.5 Å². The smallest absolute Gasteiger partial charge is 0.195 e. The molecule has 0 saturated heterocycles. The standard InChI is InChI=1S/C16H10F2N2O/c17-12-6-4-10(8-13(12)18)16(21)11-5-3-9-2-1-7-20-15(9)14(11)19/h1-8H,19H2. The van der Waals surface area contributed by atoms with Gasteiger partial charge in [0.15, 0.2) is 17.4 Å². The molecule has 0 aliphatic heterocycles. The van der Waals surface area contributed by atoms with Crippen molar-refractivity contribution in [1.29, 1.82) is 0 Å². The molecule has 0 amide bonds. The van der Waals surface area contributed by atoms with E-state index in [-0.39, 0.29) is 16.8 Å². The third-order valence-corrected chi connectivity index (χ3v) is 3.24. The maximum atomic E-state index is 13.2. The van der Waals surface area contributed by atoms with Crippen LogP contribution >= 0.6 is 0 Å². The van der Waals surface area contributed by atoms with Crippen molar-refractivity contribution >= 4 is 22.4 Å². The van der Waals surface area contributed by atoms with Gasteiger partial charge in [0.25, 0.3) is 0 Å². The van der Waals surface area contributed by atoms with Crippen molar-refractivity contribution in [3.05, 3.63) is 71.4 Å². The number of rotatable bonds is 2. The normalized spacial score (nSPS) is 10.8. The van der Waals surface area contributed by atoms with E-state index in [1.54, 1.807) is 24.4 Å². The molecule has 0 radical (unpaired) electrons. The first-order valence-corrected chi connectivity index (χ1v) is 6.21. The van der Waals surface area contributed by atoms with Crippen LogP contribution in [0.1, 0.15) is 15.9 Å². The van der Waals surface area contributed by atoms with E-state index in [1.807, 2.05) is 6.07 Å². The zero-order valence-corrected chi connectivity index (χ0v) is 10.8. The maximum absolute atomic E-state index is 13.2. The van der Waals surface area contributed by atoms with Gasteiger partial charge < -0.3 is 5.73 Å². The maximum Gasteiger partial charge on any atom is 0.195 e. The number of nitrogens with two attached hydrogens (primary N) is 1. The number of benzene rings is 2. The molecule has 0 spiro atoms. The van der Waals surface area contributed by atoms with Gasteiger partial charge in [-0.1, -0.05) is 12.1 Å². The van der Waals surface area contributed by atoms with Crippen molar-refractivity contribution in [3.8, 4) is 0 Å². The van der Waals surface area contributed by atoms with E-state index in [0.29, 0.717) is 5.52 Å². The summed E-state index contributed by atoms with van der Waals surface area (Å²) in [5, 5.41) is 0.803. The predicted octanol–water partition coefficient (Wildman–Crippen LogP) is 3.33. The van der Waals surface area contributed by atoms with Crippen molar-refractivity contribution in [1.82, 2.24) is 4.98 Å². The summed E-state index contributed by atoms with van der Waals surface area (Å²) in [6.07, 6.45) is 1.57. The lowest BCUT2D eigenvalue weighted by Gasteiger charge is -2.08. The Morgan fingerprint density at radius 1 is 1.05 bits per heavy atom. The zero-order valence-electron chi connectivity index (χ0n) is 10.8. The third-order valence-electron chi connectivity index (χ3n) is 3.24. The Balaban J connectivity index is 2.13. The van der Waals surface area contributed by atoms with Gasteiger partial charge in [-0.3, -0.25) is 9.78 Å². The van der Waals surface area contributed by atoms with Crippen LogP contribution in [0.15, 0.2) is 48.7 Å². The highest BCUT2D eigenvalue weighted by Gasteiger charge is 2.16. The van der Waals surface area contributed by atoms with Crippen LogP contribution in [0.25, 0.3) is 10.9 Å². The molecule has 104 valence electrons. The molecule has 0 aliphatic carbocycles. The first-order valence-electron chi connectivity index (χ1n) is 6.21. The summed E-state index contributed by atoms with van der Waals surface area (Å²) in [6, 6.07) is 9.86. The molecule has 0 fully saturated rings. The van der Waals surface area contributed by atoms with Crippen LogP contribution in [0.5, 0.6) is 0 Å². The van der Waals surface area contributed by atoms with E-state index in [2.05, 4.69) is 4.98 Å². The van der Waals surface area contributed by atoms with Gasteiger partial charge in [0.05, 0.1) is 11.2 Å². The highest BCUT2D eigenvalue weighted by molar-refractivity contribution is 6.15. The van der Waals surface area contributed by atoms with Crippen LogP contribution in [-0.2, 0) is 0 Å². The number of anilines is 1. The first-order chi connectivity index (χ1) is 10.1. The van der Waals surface area contributed by atoms with E-state index in [9.17, 15) is 13.6 Å². The van der Waals surface area contributed by atoms with Crippen LogP contribution in [-0.4, -0.2) is 10.8 Å². The third kappa shape index (κ3) is 2.23. The highest BCUT2D eigenvalue weighted by atomic mass is 19.2. The minimum absolute atomic E-state index is 0.0379. The summed E-state index contributed by atoms with van der Waals surface area (Å²) in [5.41, 5.74) is 6.96. The molecule has 5 heteroatoms. The largest absolute Gasteiger partial charge is 0.396 e. The predicted molar refractivity (Wildman–Crippen MR) is 75.9 cm³/mol. The molecule has 0 unspecified atom stereocenters. The van der Waals surface area contributed by atoms with E-state index in [4.69, 9.17) is 5.73 Å². The number of nitrogen functional groups attached to an aromatic ring is 1. The minimum atomic E-state index is -1.07. The Labute approximate surface area is 119 Å². The van der Waals surface area contributed by atoms with Gasteiger partial charge in [-0.25, -0.2) is 8.78 Å². The van der Waals surface area contributed by atoms with Gasteiger partial charge >= 0.3 is 0 Å². The van der Waals surface area contributed by atoms with Crippen LogP contribution in [0.2, 0.25) is 0 Å². The molecule has 3 rings (SSSR count). The molecule has 2 N–H and O–H groups in total. The number of nitrogens with zero attached hydrogens (tertiary/aromatic N) is 1. The topological polar surface area (TPSA) is 56.0 Å². The van der Waals surface area contributed by atoms with Gasteiger partial charge in [0, 0.05) is 22.7 Å². The van der Waals surface area contributed by atoms with Gasteiger partial charge in [0.2, 0.25) is 0 Å². The average Bonchev–Trinajstić information content (AvgIpc) is 2.50. The van der Waals surface area contributed by atoms with E-state index in [1.165, 1.54) is 6.07 Å². The van der Waals surface area contributed by atoms with Gasteiger partial charge in [0.1, 0.15) is 0 Å². The van der Waals surface area contributed by atoms with Crippen molar-refractivity contribution in [2.24, 2.45) is 0 Å². The molecular formula is C16H10F2N2O. The lowest BCUT2D eigenvalue weighted by molar-refractivity contribution is 0.103. The number of fused-ring (bicyclic) bond motifs is 1. The lowest BCUT2D eigenvalue weighted by Crippen LogP contribution is -2.07. The highest BCUT2D eigenvalue weighted by Crippen LogP contribution is 2.25. The number of hydrogen-bond donors (Lipinski definition) is 1. The molecule has 21 heavy (non-hydrogen) atoms. The summed E-state index contributed by atoms with van der Waals surface area (Å²) in [7, 11) is 0. The fourth-order valence-electron chi connectivity index (χ4n) is 2.16. The number of aromatic nitrogens is 1. The number of carbonyl (C=O) groups is 1. The minimum Gasteiger partial charge on any atom is -0.396 e. The Kier molecular flexibility index (Phi) is 3.10. The average molecular weight is 284 g/mol. The van der Waals surface area contributed by atoms with Crippen LogP contribution in [0.4, 0.5) is 14.5 Å². The van der Waals surface area contributed by atoms with Crippen molar-refractivity contribution in [2.75, 3.05) is 5.73 Å². The molecular weight excluding hydrogens is 274 g/mol. The molecule has 0 atom stereocenters. The molecule has 3 nitrogen and oxygen atoms in total. The van der Waals surface area contributed by atoms with Crippen molar-refractivity contribution in [2.45, 2.75) is 0 Å². The Bertz CT molecular complexity index is 862.